The molecule has 3 unspecified atom stereocenters. The molecule has 1 amide bonds. The number of halogens is 1. The minimum atomic E-state index is -3.10. The number of thiazole rings is 1. The van der Waals surface area contributed by atoms with Gasteiger partial charge in [-0.15, -0.1) is 16.4 Å². The number of aromatic nitrogens is 4. The highest BCUT2D eigenvalue weighted by molar-refractivity contribution is 7.13. The first-order chi connectivity index (χ1) is 26.8. The maximum absolute atomic E-state index is 16.7. The number of methoxy groups -OCH3 is 1. The number of rotatable bonds is 11. The van der Waals surface area contributed by atoms with Crippen LogP contribution in [0.5, 0.6) is 0 Å². The van der Waals surface area contributed by atoms with E-state index in [-0.39, 0.29) is 38.0 Å². The number of unbranched alkanes of at least 4 members (excludes halogenated alkanes) is 1. The average Bonchev–Trinajstić information content (AvgIpc) is 3.91. The molecule has 3 aliphatic rings. The summed E-state index contributed by atoms with van der Waals surface area (Å²) in [4.78, 5) is 49.3. The molecule has 12 atom stereocenters. The number of Topliss-reactive ketones (excluding diaryl/α,β-unsaturated/α-hetero) is 1. The lowest BCUT2D eigenvalue weighted by atomic mass is 9.83. The Morgan fingerprint density at radius 2 is 1.84 bits per heavy atom. The van der Waals surface area contributed by atoms with E-state index in [1.807, 2.05) is 51.3 Å². The summed E-state index contributed by atoms with van der Waals surface area (Å²) in [5, 5.41) is 26.0. The minimum Gasteiger partial charge on any atom is -0.455 e. The number of nitrogens with one attached hydrogen (secondary N) is 1. The average molecular weight is 840 g/mol. The number of alkyl halides is 1. The van der Waals surface area contributed by atoms with Crippen LogP contribution in [0.4, 0.5) is 9.18 Å². The van der Waals surface area contributed by atoms with E-state index in [0.717, 1.165) is 11.9 Å². The van der Waals surface area contributed by atoms with Crippen molar-refractivity contribution in [2.75, 3.05) is 34.3 Å². The van der Waals surface area contributed by atoms with Gasteiger partial charge < -0.3 is 39.0 Å². The number of carbonyl (C=O) groups excluding carboxylic acids is 3. The number of cyclic esters (lactones) is 1. The number of esters is 1. The second-order valence-corrected chi connectivity index (χ2v) is 17.6. The quantitative estimate of drug-likeness (QED) is 0.182. The predicted octanol–water partition coefficient (Wildman–Crippen LogP) is 4.64. The van der Waals surface area contributed by atoms with Crippen molar-refractivity contribution in [2.24, 2.45) is 5.92 Å². The number of ketones is 1. The van der Waals surface area contributed by atoms with Gasteiger partial charge in [0.1, 0.15) is 22.9 Å². The Kier molecular flexibility index (Phi) is 16.0. The zero-order valence-corrected chi connectivity index (χ0v) is 35.8. The van der Waals surface area contributed by atoms with Crippen LogP contribution in [0.3, 0.4) is 0 Å². The molecule has 0 radical (unpaired) electrons. The molecule has 3 aliphatic heterocycles. The Hall–Kier alpha value is -3.13. The number of hydrogen-bond donors (Lipinski definition) is 2. The van der Waals surface area contributed by atoms with Gasteiger partial charge in [-0.2, -0.15) is 0 Å². The van der Waals surface area contributed by atoms with Crippen LogP contribution in [0.1, 0.15) is 94.4 Å². The Labute approximate surface area is 346 Å². The van der Waals surface area contributed by atoms with Crippen molar-refractivity contribution in [3.63, 3.8) is 0 Å². The Bertz CT molecular complexity index is 1670. The molecule has 18 heteroatoms. The van der Waals surface area contributed by atoms with Crippen LogP contribution in [0.15, 0.2) is 17.8 Å². The number of hydrogen-bond acceptors (Lipinski definition) is 15. The maximum Gasteiger partial charge on any atom is 0.410 e. The van der Waals surface area contributed by atoms with Crippen LogP contribution in [0.2, 0.25) is 0 Å². The van der Waals surface area contributed by atoms with Crippen molar-refractivity contribution < 1.29 is 47.6 Å². The van der Waals surface area contributed by atoms with Gasteiger partial charge in [-0.25, -0.2) is 19.0 Å². The van der Waals surface area contributed by atoms with Crippen molar-refractivity contribution in [1.29, 1.82) is 0 Å². The highest BCUT2D eigenvalue weighted by atomic mass is 32.1. The molecule has 2 aromatic rings. The normalized spacial score (nSPS) is 36.7. The molecule has 0 aromatic carbocycles. The predicted molar refractivity (Wildman–Crippen MR) is 216 cm³/mol. The lowest BCUT2D eigenvalue weighted by Gasteiger charge is -2.45. The Morgan fingerprint density at radius 1 is 1.14 bits per heavy atom. The molecular weight excluding hydrogens is 774 g/mol. The minimum absolute atomic E-state index is 0. The number of amides is 1. The molecule has 2 N–H and O–H groups in total. The van der Waals surface area contributed by atoms with Gasteiger partial charge in [0, 0.05) is 50.3 Å². The number of fused-ring (bicyclic) bond motifs is 1. The molecule has 3 saturated heterocycles. The first-order valence-electron chi connectivity index (χ1n) is 20.0. The van der Waals surface area contributed by atoms with E-state index in [9.17, 15) is 19.5 Å². The van der Waals surface area contributed by atoms with Gasteiger partial charge in [0.15, 0.2) is 17.7 Å². The van der Waals surface area contributed by atoms with Gasteiger partial charge in [-0.05, 0) is 93.3 Å². The lowest BCUT2D eigenvalue weighted by molar-refractivity contribution is -0.289. The summed E-state index contributed by atoms with van der Waals surface area (Å²) in [7, 11) is 5.19. The summed E-state index contributed by atoms with van der Waals surface area (Å²) >= 11 is 1.48. The smallest absolute Gasteiger partial charge is 0.410 e. The van der Waals surface area contributed by atoms with E-state index < -0.39 is 71.8 Å². The van der Waals surface area contributed by atoms with Gasteiger partial charge in [0.25, 0.3) is 5.67 Å². The van der Waals surface area contributed by atoms with Crippen LogP contribution >= 0.6 is 11.3 Å². The zero-order valence-electron chi connectivity index (χ0n) is 35.0. The molecule has 0 saturated carbocycles. The molecule has 16 nitrogen and oxygen atoms in total. The summed E-state index contributed by atoms with van der Waals surface area (Å²) in [6.45, 7) is 13.3. The summed E-state index contributed by atoms with van der Waals surface area (Å²) in [5.41, 5.74) is -4.99. The SMILES string of the molecule is C.CC[C@H]1OC(=O)C(C)(F)C(=O)C[C@@H](O[C@@H]2O[C@H](C)CC(N(C)C)C2O)[C@](C)(OC)C[C@@H](C)CN[C@H](C)[C@H]2N(CCCCn3cc(-c4nccs4)nn3)C(=O)O[C@]12C. The van der Waals surface area contributed by atoms with E-state index in [2.05, 4.69) is 20.6 Å². The number of ether oxygens (including phenoxy) is 5. The molecule has 3 fully saturated rings. The second kappa shape index (κ2) is 19.5. The van der Waals surface area contributed by atoms with Crippen LogP contribution in [-0.2, 0) is 39.8 Å². The second-order valence-electron chi connectivity index (χ2n) is 16.8. The maximum atomic E-state index is 16.7. The highest BCUT2D eigenvalue weighted by Gasteiger charge is 2.59. The first-order valence-corrected chi connectivity index (χ1v) is 20.9. The number of likely N-dealkylation sites (N-methyl/N-ethyl adjacent to an activating group) is 1. The fourth-order valence-corrected chi connectivity index (χ4v) is 9.13. The lowest BCUT2D eigenvalue weighted by Crippen LogP contribution is -2.61. The fourth-order valence-electron chi connectivity index (χ4n) is 8.55. The standard InChI is InChI=1S/C39H62FN7O9S.CH4/c1-11-29-39(7)32(47(36(51)56-39)16-13-12-15-46-22-26(43-44-46)33-41-14-17-57-33)25(4)42-21-23(2)20-37(5,52-10)30(19-28(48)38(6,40)35(50)55-29)54-34-31(49)27(45(8)9)18-24(3)53-34;/h14,17,22-25,27,29-32,34,42,49H,11-13,15-16,18-21H2,1-10H3;1H4/t23-,24-,25-,27?,29-,30-,31?,32-,34+,37-,38?,39-;/m1./s1. The molecule has 5 rings (SSSR count). The van der Waals surface area contributed by atoms with Crippen molar-refractivity contribution >= 4 is 29.2 Å². The van der Waals surface area contributed by atoms with Gasteiger partial charge in [-0.1, -0.05) is 26.5 Å². The zero-order chi connectivity index (χ0) is 41.9. The van der Waals surface area contributed by atoms with Crippen molar-refractivity contribution in [3.05, 3.63) is 17.8 Å². The third kappa shape index (κ3) is 10.2. The summed E-state index contributed by atoms with van der Waals surface area (Å²) < 4.78 is 48.9. The monoisotopic (exact) mass is 839 g/mol. The first kappa shape index (κ1) is 47.5. The number of aryl methyl sites for hydroxylation is 1. The van der Waals surface area contributed by atoms with E-state index in [0.29, 0.717) is 51.0 Å². The van der Waals surface area contributed by atoms with E-state index >= 15 is 4.39 Å². The summed E-state index contributed by atoms with van der Waals surface area (Å²) in [5.74, 6) is -2.57. The van der Waals surface area contributed by atoms with Crippen molar-refractivity contribution in [1.82, 2.24) is 35.1 Å². The summed E-state index contributed by atoms with van der Waals surface area (Å²) in [6.07, 6.45) is 0.0451. The number of carbonyl (C=O) groups is 3. The molecular formula is C40H66FN7O9S. The van der Waals surface area contributed by atoms with E-state index in [1.54, 1.807) is 36.5 Å². The Morgan fingerprint density at radius 3 is 2.48 bits per heavy atom. The Balaban J connectivity index is 0.00000744. The van der Waals surface area contributed by atoms with Crippen molar-refractivity contribution in [3.8, 4) is 10.7 Å². The van der Waals surface area contributed by atoms with Crippen LogP contribution in [0.25, 0.3) is 10.7 Å². The number of aliphatic hydroxyl groups excluding tert-OH is 1. The molecule has 0 spiro atoms. The van der Waals surface area contributed by atoms with Crippen molar-refractivity contribution in [2.45, 2.75) is 167 Å². The number of aliphatic hydroxyl groups is 1. The fraction of sp³-hybridized carbons (Fsp3) is 0.800. The van der Waals surface area contributed by atoms with E-state index in [1.165, 1.54) is 18.4 Å². The molecule has 58 heavy (non-hydrogen) atoms. The van der Waals surface area contributed by atoms with Gasteiger partial charge in [-0.3, -0.25) is 14.4 Å². The number of nitrogens with zero attached hydrogens (tertiary/aromatic N) is 6. The van der Waals surface area contributed by atoms with Gasteiger partial charge in [0.2, 0.25) is 0 Å². The summed E-state index contributed by atoms with van der Waals surface area (Å²) in [6, 6.07) is -1.31. The van der Waals surface area contributed by atoms with Gasteiger partial charge in [0.05, 0.1) is 30.0 Å². The van der Waals surface area contributed by atoms with Crippen LogP contribution in [-0.4, -0.2) is 153 Å². The molecule has 2 aromatic heterocycles. The van der Waals surface area contributed by atoms with Crippen LogP contribution < -0.4 is 5.32 Å². The third-order valence-electron chi connectivity index (χ3n) is 12.0. The largest absolute Gasteiger partial charge is 0.455 e. The highest BCUT2D eigenvalue weighted by Crippen LogP contribution is 2.40. The molecule has 328 valence electrons. The topological polar surface area (TPSA) is 180 Å². The van der Waals surface area contributed by atoms with Crippen LogP contribution in [0, 0.1) is 5.92 Å². The molecule has 0 bridgehead atoms. The molecule has 0 aliphatic carbocycles. The van der Waals surface area contributed by atoms with Gasteiger partial charge >= 0.3 is 12.1 Å². The molecule has 5 heterocycles. The van der Waals surface area contributed by atoms with E-state index in [4.69, 9.17) is 23.7 Å². The third-order valence-corrected chi connectivity index (χ3v) is 12.8.